The fourth-order valence-electron chi connectivity index (χ4n) is 8.92. The van der Waals surface area contributed by atoms with E-state index in [2.05, 4.69) is 20.8 Å². The van der Waals surface area contributed by atoms with Gasteiger partial charge in [-0.05, 0) is 104 Å². The summed E-state index contributed by atoms with van der Waals surface area (Å²) in [6.45, 7) is 7.73. The van der Waals surface area contributed by atoms with Gasteiger partial charge in [-0.25, -0.2) is 0 Å². The largest absolute Gasteiger partial charge is 0.469 e. The second-order valence-corrected chi connectivity index (χ2v) is 11.2. The van der Waals surface area contributed by atoms with E-state index < -0.39 is 0 Å². The molecule has 0 spiro atoms. The van der Waals surface area contributed by atoms with Crippen molar-refractivity contribution in [2.75, 3.05) is 7.11 Å². The van der Waals surface area contributed by atoms with Crippen LogP contribution in [0.2, 0.25) is 0 Å². The second-order valence-electron chi connectivity index (χ2n) is 11.2. The zero-order valence-corrected chi connectivity index (χ0v) is 18.3. The molecule has 0 N–H and O–H groups in total. The molecule has 4 fully saturated rings. The molecule has 4 aliphatic carbocycles. The zero-order valence-electron chi connectivity index (χ0n) is 18.3. The van der Waals surface area contributed by atoms with Crippen LogP contribution in [0.5, 0.6) is 0 Å². The van der Waals surface area contributed by atoms with E-state index in [-0.39, 0.29) is 5.97 Å². The minimum atomic E-state index is -0.0335. The molecule has 0 saturated heterocycles. The lowest BCUT2D eigenvalue weighted by molar-refractivity contribution is -0.141. The van der Waals surface area contributed by atoms with Gasteiger partial charge in [-0.2, -0.15) is 0 Å². The fourth-order valence-corrected chi connectivity index (χ4v) is 8.92. The van der Waals surface area contributed by atoms with Crippen molar-refractivity contribution in [1.29, 1.82) is 0 Å². The molecule has 0 aliphatic heterocycles. The molecule has 0 bridgehead atoms. The van der Waals surface area contributed by atoms with Gasteiger partial charge in [0.1, 0.15) is 0 Å². The first-order valence-electron chi connectivity index (χ1n) is 12.0. The second kappa shape index (κ2) is 7.38. The lowest BCUT2D eigenvalue weighted by Crippen LogP contribution is -2.53. The van der Waals surface area contributed by atoms with Gasteiger partial charge >= 0.3 is 5.97 Å². The summed E-state index contributed by atoms with van der Waals surface area (Å²) in [5.74, 6) is 5.38. The van der Waals surface area contributed by atoms with Crippen LogP contribution in [0.1, 0.15) is 97.8 Å². The molecule has 6 unspecified atom stereocenters. The topological polar surface area (TPSA) is 26.3 Å². The Labute approximate surface area is 167 Å². The number of fused-ring (bicyclic) bond motifs is 5. The summed E-state index contributed by atoms with van der Waals surface area (Å²) < 4.78 is 4.89. The quantitative estimate of drug-likeness (QED) is 0.517. The van der Waals surface area contributed by atoms with Gasteiger partial charge in [0.2, 0.25) is 0 Å². The molecule has 2 heteroatoms. The van der Waals surface area contributed by atoms with Crippen molar-refractivity contribution in [2.45, 2.75) is 97.8 Å². The van der Waals surface area contributed by atoms with E-state index in [9.17, 15) is 4.79 Å². The molecular weight excluding hydrogens is 332 g/mol. The van der Waals surface area contributed by atoms with Gasteiger partial charge in [-0.1, -0.05) is 33.6 Å². The third kappa shape index (κ3) is 3.18. The Morgan fingerprint density at radius 2 is 1.74 bits per heavy atom. The zero-order chi connectivity index (χ0) is 19.2. The number of ether oxygens (including phenoxy) is 1. The Morgan fingerprint density at radius 1 is 0.963 bits per heavy atom. The van der Waals surface area contributed by atoms with Crippen LogP contribution in [0.25, 0.3) is 0 Å². The molecule has 0 aromatic carbocycles. The molecular formula is C25H42O2. The molecule has 0 amide bonds. The van der Waals surface area contributed by atoms with E-state index in [1.807, 2.05) is 0 Å². The molecule has 0 radical (unpaired) electrons. The smallest absolute Gasteiger partial charge is 0.305 e. The van der Waals surface area contributed by atoms with Gasteiger partial charge in [0.25, 0.3) is 0 Å². The number of esters is 1. The molecule has 154 valence electrons. The van der Waals surface area contributed by atoms with E-state index in [1.54, 1.807) is 0 Å². The van der Waals surface area contributed by atoms with E-state index in [1.165, 1.54) is 71.3 Å². The highest BCUT2D eigenvalue weighted by Crippen LogP contribution is 2.68. The number of methoxy groups -OCH3 is 1. The molecule has 8 atom stereocenters. The Hall–Kier alpha value is -0.530. The van der Waals surface area contributed by atoms with Crippen LogP contribution in [0.3, 0.4) is 0 Å². The van der Waals surface area contributed by atoms with Crippen molar-refractivity contribution in [2.24, 2.45) is 46.3 Å². The average Bonchev–Trinajstić information content (AvgIpc) is 3.02. The van der Waals surface area contributed by atoms with E-state index in [4.69, 9.17) is 4.74 Å². The number of hydrogen-bond donors (Lipinski definition) is 0. The molecule has 27 heavy (non-hydrogen) atoms. The van der Waals surface area contributed by atoms with E-state index in [0.29, 0.717) is 23.2 Å². The third-order valence-corrected chi connectivity index (χ3v) is 10.4. The first-order chi connectivity index (χ1) is 12.9. The third-order valence-electron chi connectivity index (χ3n) is 10.4. The monoisotopic (exact) mass is 374 g/mol. The summed E-state index contributed by atoms with van der Waals surface area (Å²) in [5.41, 5.74) is 1.17. The molecule has 4 aliphatic rings. The maximum Gasteiger partial charge on any atom is 0.305 e. The minimum absolute atomic E-state index is 0.0335. The highest BCUT2D eigenvalue weighted by molar-refractivity contribution is 5.69. The SMILES string of the molecule is COC(=O)CCC(C)C1CCC2C3CC[C@@H]4CCCCC4(C)C3CC[C@]12C. The predicted octanol–water partition coefficient (Wildman–Crippen LogP) is 6.62. The number of rotatable bonds is 4. The van der Waals surface area contributed by atoms with Crippen LogP contribution in [0, 0.1) is 46.3 Å². The molecule has 4 saturated carbocycles. The lowest BCUT2D eigenvalue weighted by atomic mass is 9.44. The average molecular weight is 375 g/mol. The van der Waals surface area contributed by atoms with Crippen molar-refractivity contribution in [3.05, 3.63) is 0 Å². The summed E-state index contributed by atoms with van der Waals surface area (Å²) >= 11 is 0. The van der Waals surface area contributed by atoms with Crippen molar-refractivity contribution in [3.63, 3.8) is 0 Å². The normalized spacial score (nSPS) is 47.5. The van der Waals surface area contributed by atoms with Crippen LogP contribution in [-0.2, 0) is 9.53 Å². The fraction of sp³-hybridized carbons (Fsp3) is 0.960. The maximum atomic E-state index is 11.6. The highest BCUT2D eigenvalue weighted by Gasteiger charge is 2.60. The molecule has 0 aromatic heterocycles. The molecule has 0 heterocycles. The number of hydrogen-bond acceptors (Lipinski definition) is 2. The summed E-state index contributed by atoms with van der Waals surface area (Å²) in [7, 11) is 1.52. The summed E-state index contributed by atoms with van der Waals surface area (Å²) in [6, 6.07) is 0. The summed E-state index contributed by atoms with van der Waals surface area (Å²) in [4.78, 5) is 11.6. The molecule has 4 rings (SSSR count). The van der Waals surface area contributed by atoms with Crippen molar-refractivity contribution in [1.82, 2.24) is 0 Å². The first-order valence-corrected chi connectivity index (χ1v) is 12.0. The molecule has 2 nitrogen and oxygen atoms in total. The van der Waals surface area contributed by atoms with Gasteiger partial charge in [0, 0.05) is 6.42 Å². The van der Waals surface area contributed by atoms with Crippen molar-refractivity contribution in [3.8, 4) is 0 Å². The van der Waals surface area contributed by atoms with E-state index in [0.717, 1.165) is 36.0 Å². The molecule has 0 aromatic rings. The van der Waals surface area contributed by atoms with Gasteiger partial charge in [-0.15, -0.1) is 0 Å². The Bertz CT molecular complexity index is 557. The van der Waals surface area contributed by atoms with Crippen LogP contribution < -0.4 is 0 Å². The van der Waals surface area contributed by atoms with Gasteiger partial charge in [0.05, 0.1) is 7.11 Å². The van der Waals surface area contributed by atoms with Crippen LogP contribution in [0.15, 0.2) is 0 Å². The Kier molecular flexibility index (Phi) is 5.40. The van der Waals surface area contributed by atoms with Crippen molar-refractivity contribution >= 4 is 5.97 Å². The minimum Gasteiger partial charge on any atom is -0.469 e. The standard InChI is InChI=1S/C25H42O2/c1-17(8-13-23(26)27-4)20-11-12-21-19-10-9-18-7-5-6-15-24(18,2)22(19)14-16-25(20,21)3/h17-22H,5-16H2,1-4H3/t17?,18-,19?,20?,21?,22?,24?,25+/m0/s1. The van der Waals surface area contributed by atoms with Crippen LogP contribution in [0.4, 0.5) is 0 Å². The Morgan fingerprint density at radius 3 is 2.52 bits per heavy atom. The predicted molar refractivity (Wildman–Crippen MR) is 110 cm³/mol. The van der Waals surface area contributed by atoms with Crippen molar-refractivity contribution < 1.29 is 9.53 Å². The summed E-state index contributed by atoms with van der Waals surface area (Å²) in [5, 5.41) is 0. The van der Waals surface area contributed by atoms with Gasteiger partial charge in [0.15, 0.2) is 0 Å². The Balaban J connectivity index is 1.49. The van der Waals surface area contributed by atoms with Gasteiger partial charge < -0.3 is 4.74 Å². The first kappa shape index (κ1) is 19.8. The number of carbonyl (C=O) groups excluding carboxylic acids is 1. The summed E-state index contributed by atoms with van der Waals surface area (Å²) in [6.07, 6.45) is 16.4. The van der Waals surface area contributed by atoms with Crippen LogP contribution >= 0.6 is 0 Å². The lowest BCUT2D eigenvalue weighted by Gasteiger charge is -2.61. The highest BCUT2D eigenvalue weighted by atomic mass is 16.5. The van der Waals surface area contributed by atoms with E-state index >= 15 is 0 Å². The number of carbonyl (C=O) groups is 1. The van der Waals surface area contributed by atoms with Gasteiger partial charge in [-0.3, -0.25) is 4.79 Å². The maximum absolute atomic E-state index is 11.6. The van der Waals surface area contributed by atoms with Crippen LogP contribution in [-0.4, -0.2) is 13.1 Å².